The van der Waals surface area contributed by atoms with Gasteiger partial charge in [0, 0.05) is 11.5 Å². The number of benzene rings is 1. The third kappa shape index (κ3) is 5.11. The minimum Gasteiger partial charge on any atom is -0.197 e. The monoisotopic (exact) mass is 248 g/mol. The maximum absolute atomic E-state index is 8.41. The van der Waals surface area contributed by atoms with Crippen LogP contribution in [-0.4, -0.2) is 11.5 Å². The molecule has 0 saturated heterocycles. The second kappa shape index (κ2) is 8.10. The predicted octanol–water partition coefficient (Wildman–Crippen LogP) is 3.20. The first-order valence-corrected chi connectivity index (χ1v) is 7.15. The summed E-state index contributed by atoms with van der Waals surface area (Å²) in [5, 5.41) is 16.8. The Kier molecular flexibility index (Phi) is 6.56. The molecule has 1 rings (SSSR count). The Morgan fingerprint density at radius 1 is 0.812 bits per heavy atom. The van der Waals surface area contributed by atoms with Crippen molar-refractivity contribution in [3.63, 3.8) is 0 Å². The largest absolute Gasteiger partial charge is 0.197 e. The minimum absolute atomic E-state index is 0.541. The minimum atomic E-state index is 0.541. The van der Waals surface area contributed by atoms with Gasteiger partial charge in [-0.25, -0.2) is 0 Å². The van der Waals surface area contributed by atoms with Crippen molar-refractivity contribution in [2.75, 3.05) is 11.5 Å². The van der Waals surface area contributed by atoms with E-state index in [0.717, 1.165) is 11.5 Å². The molecule has 82 valence electrons. The summed E-state index contributed by atoms with van der Waals surface area (Å²) in [6, 6.07) is 12.6. The van der Waals surface area contributed by atoms with Crippen molar-refractivity contribution in [2.24, 2.45) is 0 Å². The van der Waals surface area contributed by atoms with Gasteiger partial charge >= 0.3 is 0 Å². The van der Waals surface area contributed by atoms with E-state index < -0.39 is 0 Å². The van der Waals surface area contributed by atoms with Crippen LogP contribution in [0.5, 0.6) is 0 Å². The summed E-state index contributed by atoms with van der Waals surface area (Å²) in [5.41, 5.74) is 2.49. The van der Waals surface area contributed by atoms with Crippen molar-refractivity contribution in [2.45, 2.75) is 11.5 Å². The summed E-state index contributed by atoms with van der Waals surface area (Å²) in [6.45, 7) is 0. The molecule has 0 amide bonds. The second-order valence-corrected chi connectivity index (χ2v) is 5.09. The highest BCUT2D eigenvalue weighted by atomic mass is 32.2. The number of nitrogens with zero attached hydrogens (tertiary/aromatic N) is 2. The van der Waals surface area contributed by atoms with Gasteiger partial charge in [0.1, 0.15) is 0 Å². The molecule has 0 unspecified atom stereocenters. The Hall–Kier alpha value is -1.10. The third-order valence-electron chi connectivity index (χ3n) is 1.89. The van der Waals surface area contributed by atoms with E-state index >= 15 is 0 Å². The second-order valence-electron chi connectivity index (χ2n) is 3.12. The average molecular weight is 248 g/mol. The molecule has 0 atom stereocenters. The van der Waals surface area contributed by atoms with Gasteiger partial charge in [-0.05, 0) is 11.1 Å². The van der Waals surface area contributed by atoms with Crippen molar-refractivity contribution in [3.05, 3.63) is 35.4 Å². The zero-order valence-electron chi connectivity index (χ0n) is 8.85. The van der Waals surface area contributed by atoms with E-state index in [-0.39, 0.29) is 0 Å². The summed E-state index contributed by atoms with van der Waals surface area (Å²) >= 11 is 3.25. The van der Waals surface area contributed by atoms with E-state index in [4.69, 9.17) is 10.5 Å². The first-order chi connectivity index (χ1) is 7.86. The summed E-state index contributed by atoms with van der Waals surface area (Å²) in [4.78, 5) is 0. The van der Waals surface area contributed by atoms with Crippen LogP contribution < -0.4 is 0 Å². The van der Waals surface area contributed by atoms with Gasteiger partial charge in [0.25, 0.3) is 0 Å². The van der Waals surface area contributed by atoms with Gasteiger partial charge in [0.15, 0.2) is 0 Å². The van der Waals surface area contributed by atoms with Crippen LogP contribution >= 0.6 is 23.5 Å². The SMILES string of the molecule is N#CCSCc1ccc(CSCC#N)cc1. The smallest absolute Gasteiger partial charge is 0.0811 e. The van der Waals surface area contributed by atoms with Crippen molar-refractivity contribution in [3.8, 4) is 12.1 Å². The molecule has 0 aliphatic carbocycles. The van der Waals surface area contributed by atoms with Gasteiger partial charge in [-0.3, -0.25) is 0 Å². The molecule has 0 spiro atoms. The standard InChI is InChI=1S/C12H12N2S2/c13-5-7-15-9-11-1-2-12(4-3-11)10-16-8-6-14/h1-4H,7-10H2. The molecule has 0 aromatic heterocycles. The lowest BCUT2D eigenvalue weighted by molar-refractivity contribution is 1.34. The molecular weight excluding hydrogens is 236 g/mol. The maximum Gasteiger partial charge on any atom is 0.0811 e. The van der Waals surface area contributed by atoms with Crippen LogP contribution in [0.4, 0.5) is 0 Å². The lowest BCUT2D eigenvalue weighted by Gasteiger charge is -2.02. The van der Waals surface area contributed by atoms with Gasteiger partial charge in [-0.15, -0.1) is 23.5 Å². The quantitative estimate of drug-likeness (QED) is 0.725. The van der Waals surface area contributed by atoms with Crippen LogP contribution in [0.15, 0.2) is 24.3 Å². The Bertz CT molecular complexity index is 348. The molecule has 0 heterocycles. The highest BCUT2D eigenvalue weighted by Crippen LogP contribution is 2.15. The molecule has 1 aromatic rings. The maximum atomic E-state index is 8.41. The number of nitriles is 2. The number of hydrogen-bond acceptors (Lipinski definition) is 4. The summed E-state index contributed by atoms with van der Waals surface area (Å²) in [7, 11) is 0. The average Bonchev–Trinajstić information content (AvgIpc) is 2.32. The van der Waals surface area contributed by atoms with E-state index in [9.17, 15) is 0 Å². The normalized spacial score (nSPS) is 9.38. The summed E-state index contributed by atoms with van der Waals surface area (Å²) in [6.07, 6.45) is 0. The highest BCUT2D eigenvalue weighted by Gasteiger charge is 1.96. The molecule has 0 N–H and O–H groups in total. The molecule has 0 aliphatic rings. The third-order valence-corrected chi connectivity index (χ3v) is 3.64. The van der Waals surface area contributed by atoms with Gasteiger partial charge < -0.3 is 0 Å². The first-order valence-electron chi connectivity index (χ1n) is 4.84. The van der Waals surface area contributed by atoms with Crippen LogP contribution in [0.3, 0.4) is 0 Å². The molecule has 0 radical (unpaired) electrons. The summed E-state index contributed by atoms with van der Waals surface area (Å²) in [5.74, 6) is 2.86. The summed E-state index contributed by atoms with van der Waals surface area (Å²) < 4.78 is 0. The Morgan fingerprint density at radius 2 is 1.19 bits per heavy atom. The van der Waals surface area contributed by atoms with Gasteiger partial charge in [0.2, 0.25) is 0 Å². The molecule has 16 heavy (non-hydrogen) atoms. The Balaban J connectivity index is 2.36. The zero-order valence-corrected chi connectivity index (χ0v) is 10.5. The lowest BCUT2D eigenvalue weighted by Crippen LogP contribution is -1.85. The van der Waals surface area contributed by atoms with Crippen LogP contribution in [0.1, 0.15) is 11.1 Å². The van der Waals surface area contributed by atoms with E-state index in [1.807, 2.05) is 0 Å². The molecule has 0 bridgehead atoms. The van der Waals surface area contributed by atoms with E-state index in [0.29, 0.717) is 11.5 Å². The highest BCUT2D eigenvalue weighted by molar-refractivity contribution is 7.98. The first kappa shape index (κ1) is 13.0. The van der Waals surface area contributed by atoms with Gasteiger partial charge in [0.05, 0.1) is 23.6 Å². The fourth-order valence-electron chi connectivity index (χ4n) is 1.16. The molecule has 1 aromatic carbocycles. The number of hydrogen-bond donors (Lipinski definition) is 0. The van der Waals surface area contributed by atoms with Crippen molar-refractivity contribution < 1.29 is 0 Å². The van der Waals surface area contributed by atoms with E-state index in [1.165, 1.54) is 11.1 Å². The van der Waals surface area contributed by atoms with Crippen LogP contribution in [0.2, 0.25) is 0 Å². The fourth-order valence-corrected chi connectivity index (χ4v) is 2.40. The van der Waals surface area contributed by atoms with E-state index in [1.54, 1.807) is 23.5 Å². The van der Waals surface area contributed by atoms with Crippen molar-refractivity contribution >= 4 is 23.5 Å². The molecule has 4 heteroatoms. The Labute approximate surface area is 105 Å². The Morgan fingerprint density at radius 3 is 1.50 bits per heavy atom. The predicted molar refractivity (Wildman–Crippen MR) is 70.0 cm³/mol. The molecular formula is C12H12N2S2. The zero-order chi connectivity index (χ0) is 11.6. The number of rotatable bonds is 6. The molecule has 0 aliphatic heterocycles. The van der Waals surface area contributed by atoms with Crippen molar-refractivity contribution in [1.82, 2.24) is 0 Å². The van der Waals surface area contributed by atoms with Crippen LogP contribution in [0, 0.1) is 22.7 Å². The van der Waals surface area contributed by atoms with Crippen molar-refractivity contribution in [1.29, 1.82) is 10.5 Å². The topological polar surface area (TPSA) is 47.6 Å². The lowest BCUT2D eigenvalue weighted by atomic mass is 10.2. The van der Waals surface area contributed by atoms with E-state index in [2.05, 4.69) is 36.4 Å². The molecule has 0 fully saturated rings. The molecule has 0 saturated carbocycles. The van der Waals surface area contributed by atoms with Gasteiger partial charge in [-0.2, -0.15) is 10.5 Å². The number of thioether (sulfide) groups is 2. The fraction of sp³-hybridized carbons (Fsp3) is 0.333. The van der Waals surface area contributed by atoms with Gasteiger partial charge in [-0.1, -0.05) is 24.3 Å². The van der Waals surface area contributed by atoms with Crippen LogP contribution in [-0.2, 0) is 11.5 Å². The van der Waals surface area contributed by atoms with Crippen LogP contribution in [0.25, 0.3) is 0 Å². The molecule has 2 nitrogen and oxygen atoms in total.